The Balaban J connectivity index is 2.20. The molecule has 0 amide bonds. The molecule has 0 aromatic heterocycles. The van der Waals surface area contributed by atoms with Gasteiger partial charge < -0.3 is 9.05 Å². The summed E-state index contributed by atoms with van der Waals surface area (Å²) in [5, 5.41) is 0. The minimum Gasteiger partial charge on any atom is -0.416 e. The van der Waals surface area contributed by atoms with Crippen molar-refractivity contribution in [2.45, 2.75) is 27.7 Å². The van der Waals surface area contributed by atoms with Crippen molar-refractivity contribution in [1.82, 2.24) is 0 Å². The van der Waals surface area contributed by atoms with Crippen LogP contribution in [0.2, 0.25) is 0 Å². The Kier molecular flexibility index (Phi) is 4.43. The van der Waals surface area contributed by atoms with E-state index in [0.29, 0.717) is 11.5 Å². The van der Waals surface area contributed by atoms with Gasteiger partial charge in [-0.1, -0.05) is 12.1 Å². The minimum absolute atomic E-state index is 0.572. The Bertz CT molecular complexity index is 609. The smallest absolute Gasteiger partial charge is 0.416 e. The van der Waals surface area contributed by atoms with Crippen molar-refractivity contribution >= 4 is 7.60 Å². The molecule has 0 aliphatic heterocycles. The fraction of sp³-hybridized carbons (Fsp3) is 0.294. The van der Waals surface area contributed by atoms with Gasteiger partial charge in [0.1, 0.15) is 11.5 Å². The van der Waals surface area contributed by atoms with Crippen LogP contribution in [0.25, 0.3) is 0 Å². The highest BCUT2D eigenvalue weighted by Gasteiger charge is 2.21. The van der Waals surface area contributed by atoms with E-state index in [1.165, 1.54) is 6.66 Å². The number of aryl methyl sites for hydroxylation is 4. The van der Waals surface area contributed by atoms with Gasteiger partial charge in [0.15, 0.2) is 0 Å². The first kappa shape index (κ1) is 15.7. The van der Waals surface area contributed by atoms with Crippen molar-refractivity contribution in [3.8, 4) is 11.5 Å². The van der Waals surface area contributed by atoms with E-state index in [4.69, 9.17) is 9.05 Å². The van der Waals surface area contributed by atoms with Gasteiger partial charge in [0.2, 0.25) is 0 Å². The summed E-state index contributed by atoms with van der Waals surface area (Å²) < 4.78 is 23.7. The third kappa shape index (κ3) is 4.64. The molecular formula is C17H21O3P. The van der Waals surface area contributed by atoms with Crippen molar-refractivity contribution in [2.75, 3.05) is 6.66 Å². The van der Waals surface area contributed by atoms with Crippen LogP contribution in [-0.2, 0) is 4.57 Å². The molecule has 0 heterocycles. The molecule has 0 aliphatic carbocycles. The quantitative estimate of drug-likeness (QED) is 0.728. The zero-order chi connectivity index (χ0) is 15.6. The molecule has 2 aromatic rings. The second-order valence-electron chi connectivity index (χ2n) is 5.60. The molecule has 112 valence electrons. The second kappa shape index (κ2) is 5.95. The van der Waals surface area contributed by atoms with Crippen molar-refractivity contribution in [3.05, 3.63) is 58.7 Å². The summed E-state index contributed by atoms with van der Waals surface area (Å²) in [5.74, 6) is 1.14. The largest absolute Gasteiger partial charge is 0.427 e. The summed E-state index contributed by atoms with van der Waals surface area (Å²) >= 11 is 0. The van der Waals surface area contributed by atoms with Gasteiger partial charge in [0.25, 0.3) is 0 Å². The second-order valence-corrected chi connectivity index (χ2v) is 7.51. The van der Waals surface area contributed by atoms with Crippen molar-refractivity contribution in [2.24, 2.45) is 0 Å². The fourth-order valence-electron chi connectivity index (χ4n) is 2.37. The standard InChI is InChI=1S/C17H21O3P/c1-12-6-13(2)9-16(8-12)19-21(5,18)20-17-10-14(3)7-15(4)11-17/h6-11H,1-5H3. The van der Waals surface area contributed by atoms with Crippen LogP contribution in [0.3, 0.4) is 0 Å². The minimum atomic E-state index is -3.22. The molecule has 0 unspecified atom stereocenters. The number of benzene rings is 2. The lowest BCUT2D eigenvalue weighted by molar-refractivity contribution is 0.393. The van der Waals surface area contributed by atoms with Gasteiger partial charge in [-0.15, -0.1) is 0 Å². The van der Waals surface area contributed by atoms with Crippen LogP contribution in [0.4, 0.5) is 0 Å². The Morgan fingerprint density at radius 3 is 1.24 bits per heavy atom. The topological polar surface area (TPSA) is 35.5 Å². The van der Waals surface area contributed by atoms with Gasteiger partial charge in [-0.3, -0.25) is 0 Å². The summed E-state index contributed by atoms with van der Waals surface area (Å²) in [4.78, 5) is 0. The number of hydrogen-bond donors (Lipinski definition) is 0. The molecule has 4 heteroatoms. The fourth-order valence-corrected chi connectivity index (χ4v) is 3.39. The number of rotatable bonds is 4. The van der Waals surface area contributed by atoms with Gasteiger partial charge >= 0.3 is 7.60 Å². The molecule has 0 bridgehead atoms. The Hall–Kier alpha value is -1.73. The van der Waals surface area contributed by atoms with Crippen LogP contribution in [-0.4, -0.2) is 6.66 Å². The molecular weight excluding hydrogens is 283 g/mol. The summed E-state index contributed by atoms with van der Waals surface area (Å²) in [6, 6.07) is 11.5. The highest BCUT2D eigenvalue weighted by molar-refractivity contribution is 7.53. The third-order valence-corrected chi connectivity index (χ3v) is 4.02. The van der Waals surface area contributed by atoms with E-state index >= 15 is 0 Å². The van der Waals surface area contributed by atoms with Gasteiger partial charge in [0, 0.05) is 0 Å². The van der Waals surface area contributed by atoms with Crippen LogP contribution < -0.4 is 9.05 Å². The van der Waals surface area contributed by atoms with Gasteiger partial charge in [0.05, 0.1) is 6.66 Å². The lowest BCUT2D eigenvalue weighted by atomic mass is 10.1. The molecule has 0 spiro atoms. The zero-order valence-electron chi connectivity index (χ0n) is 13.1. The van der Waals surface area contributed by atoms with Crippen LogP contribution in [0.5, 0.6) is 11.5 Å². The Morgan fingerprint density at radius 1 is 0.667 bits per heavy atom. The highest BCUT2D eigenvalue weighted by Crippen LogP contribution is 2.45. The summed E-state index contributed by atoms with van der Waals surface area (Å²) in [7, 11) is -3.22. The average molecular weight is 304 g/mol. The van der Waals surface area contributed by atoms with E-state index in [0.717, 1.165) is 22.3 Å². The first-order valence-corrected chi connectivity index (χ1v) is 8.86. The average Bonchev–Trinajstić information content (AvgIpc) is 2.23. The van der Waals surface area contributed by atoms with Crippen molar-refractivity contribution in [1.29, 1.82) is 0 Å². The maximum absolute atomic E-state index is 12.6. The first-order chi connectivity index (χ1) is 9.73. The molecule has 0 saturated heterocycles. The van der Waals surface area contributed by atoms with E-state index < -0.39 is 7.60 Å². The van der Waals surface area contributed by atoms with E-state index in [1.807, 2.05) is 64.1 Å². The monoisotopic (exact) mass is 304 g/mol. The van der Waals surface area contributed by atoms with Gasteiger partial charge in [-0.25, -0.2) is 4.57 Å². The Morgan fingerprint density at radius 2 is 0.952 bits per heavy atom. The van der Waals surface area contributed by atoms with Crippen molar-refractivity contribution in [3.63, 3.8) is 0 Å². The van der Waals surface area contributed by atoms with E-state index in [-0.39, 0.29) is 0 Å². The maximum atomic E-state index is 12.6. The molecule has 21 heavy (non-hydrogen) atoms. The molecule has 2 aromatic carbocycles. The summed E-state index contributed by atoms with van der Waals surface area (Å²) in [6.45, 7) is 9.40. The van der Waals surface area contributed by atoms with Gasteiger partial charge in [-0.2, -0.15) is 0 Å². The molecule has 0 N–H and O–H groups in total. The van der Waals surface area contributed by atoms with Gasteiger partial charge in [-0.05, 0) is 74.2 Å². The predicted octanol–water partition coefficient (Wildman–Crippen LogP) is 5.20. The predicted molar refractivity (Wildman–Crippen MR) is 86.6 cm³/mol. The highest BCUT2D eigenvalue weighted by atomic mass is 31.2. The number of hydrogen-bond acceptors (Lipinski definition) is 3. The van der Waals surface area contributed by atoms with Crippen LogP contribution in [0.1, 0.15) is 22.3 Å². The van der Waals surface area contributed by atoms with Crippen molar-refractivity contribution < 1.29 is 13.6 Å². The molecule has 0 fully saturated rings. The lowest BCUT2D eigenvalue weighted by Crippen LogP contribution is -2.00. The third-order valence-electron chi connectivity index (χ3n) is 2.93. The molecule has 0 radical (unpaired) electrons. The zero-order valence-corrected chi connectivity index (χ0v) is 14.0. The normalized spacial score (nSPS) is 11.3. The molecule has 2 rings (SSSR count). The Labute approximate surface area is 126 Å². The SMILES string of the molecule is Cc1cc(C)cc(OP(C)(=O)Oc2cc(C)cc(C)c2)c1. The van der Waals surface area contributed by atoms with E-state index in [2.05, 4.69) is 0 Å². The van der Waals surface area contributed by atoms with Crippen LogP contribution >= 0.6 is 7.60 Å². The maximum Gasteiger partial charge on any atom is 0.427 e. The first-order valence-electron chi connectivity index (χ1n) is 6.87. The van der Waals surface area contributed by atoms with Crippen LogP contribution in [0, 0.1) is 27.7 Å². The lowest BCUT2D eigenvalue weighted by Gasteiger charge is -2.17. The molecule has 0 saturated carbocycles. The molecule has 0 aliphatic rings. The summed E-state index contributed by atoms with van der Waals surface area (Å²) in [5.41, 5.74) is 4.26. The summed E-state index contributed by atoms with van der Waals surface area (Å²) in [6.07, 6.45) is 0. The van der Waals surface area contributed by atoms with Crippen LogP contribution in [0.15, 0.2) is 36.4 Å². The van der Waals surface area contributed by atoms with E-state index in [1.54, 1.807) is 0 Å². The molecule has 3 nitrogen and oxygen atoms in total. The molecule has 0 atom stereocenters. The van der Waals surface area contributed by atoms with E-state index in [9.17, 15) is 4.57 Å².